The summed E-state index contributed by atoms with van der Waals surface area (Å²) >= 11 is 1.93. The van der Waals surface area contributed by atoms with Crippen LogP contribution in [0.5, 0.6) is 0 Å². The third-order valence-electron chi connectivity index (χ3n) is 3.27. The lowest BCUT2D eigenvalue weighted by atomic mass is 9.97. The minimum absolute atomic E-state index is 0.186. The summed E-state index contributed by atoms with van der Waals surface area (Å²) in [7, 11) is 0. The molecule has 0 bridgehead atoms. The Bertz CT molecular complexity index is 375. The molecule has 1 aromatic rings. The van der Waals surface area contributed by atoms with Gasteiger partial charge in [0, 0.05) is 25.4 Å². The van der Waals surface area contributed by atoms with Crippen LogP contribution in [0.2, 0.25) is 0 Å². The number of carbonyl (C=O) groups excluding carboxylic acids is 1. The Balaban J connectivity index is 2.09. The molecule has 1 aromatic carbocycles. The van der Waals surface area contributed by atoms with E-state index in [-0.39, 0.29) is 11.8 Å². The van der Waals surface area contributed by atoms with Crippen LogP contribution < -0.4 is 5.73 Å². The molecule has 18 heavy (non-hydrogen) atoms. The number of nitrogens with two attached hydrogens (primary N) is 1. The van der Waals surface area contributed by atoms with Crippen molar-refractivity contribution in [2.24, 2.45) is 5.73 Å². The molecule has 0 spiro atoms. The van der Waals surface area contributed by atoms with Gasteiger partial charge in [0.05, 0.1) is 5.92 Å². The zero-order chi connectivity index (χ0) is 12.8. The largest absolute Gasteiger partial charge is 0.341 e. The number of hydrogen-bond acceptors (Lipinski definition) is 3. The molecular weight excluding hydrogens is 244 g/mol. The summed E-state index contributed by atoms with van der Waals surface area (Å²) in [6.07, 6.45) is 1.09. The second kappa shape index (κ2) is 6.81. The van der Waals surface area contributed by atoms with Gasteiger partial charge >= 0.3 is 0 Å². The van der Waals surface area contributed by atoms with E-state index in [0.717, 1.165) is 36.6 Å². The van der Waals surface area contributed by atoms with Crippen molar-refractivity contribution in [1.29, 1.82) is 0 Å². The van der Waals surface area contributed by atoms with Crippen LogP contribution in [0.4, 0.5) is 0 Å². The van der Waals surface area contributed by atoms with Gasteiger partial charge in [0.25, 0.3) is 0 Å². The Morgan fingerprint density at radius 1 is 1.28 bits per heavy atom. The zero-order valence-electron chi connectivity index (χ0n) is 10.5. The zero-order valence-corrected chi connectivity index (χ0v) is 11.4. The van der Waals surface area contributed by atoms with Gasteiger partial charge in [-0.1, -0.05) is 30.3 Å². The third-order valence-corrected chi connectivity index (χ3v) is 4.32. The van der Waals surface area contributed by atoms with Gasteiger partial charge < -0.3 is 10.6 Å². The molecule has 98 valence electrons. The van der Waals surface area contributed by atoms with E-state index in [1.807, 2.05) is 47.0 Å². The molecule has 1 fully saturated rings. The first kappa shape index (κ1) is 13.4. The molecule has 0 aliphatic carbocycles. The van der Waals surface area contributed by atoms with E-state index in [9.17, 15) is 4.79 Å². The first-order valence-electron chi connectivity index (χ1n) is 6.44. The number of benzene rings is 1. The summed E-state index contributed by atoms with van der Waals surface area (Å²) in [4.78, 5) is 14.5. The number of rotatable bonds is 3. The van der Waals surface area contributed by atoms with Gasteiger partial charge in [-0.2, -0.15) is 11.8 Å². The van der Waals surface area contributed by atoms with Gasteiger partial charge in [-0.25, -0.2) is 0 Å². The van der Waals surface area contributed by atoms with Crippen LogP contribution in [0, 0.1) is 0 Å². The molecule has 2 rings (SSSR count). The number of carbonyl (C=O) groups is 1. The molecule has 0 saturated carbocycles. The molecule has 1 saturated heterocycles. The molecule has 0 aromatic heterocycles. The summed E-state index contributed by atoms with van der Waals surface area (Å²) in [6, 6.07) is 9.86. The van der Waals surface area contributed by atoms with Crippen molar-refractivity contribution in [2.75, 3.05) is 31.1 Å². The maximum atomic E-state index is 12.5. The fourth-order valence-electron chi connectivity index (χ4n) is 2.25. The number of hydrogen-bond donors (Lipinski definition) is 1. The highest BCUT2D eigenvalue weighted by Gasteiger charge is 2.25. The summed E-state index contributed by atoms with van der Waals surface area (Å²) in [6.45, 7) is 2.11. The second-order valence-corrected chi connectivity index (χ2v) is 5.71. The average Bonchev–Trinajstić information content (AvgIpc) is 2.69. The van der Waals surface area contributed by atoms with E-state index in [2.05, 4.69) is 0 Å². The first-order valence-corrected chi connectivity index (χ1v) is 7.60. The minimum Gasteiger partial charge on any atom is -0.341 e. The smallest absolute Gasteiger partial charge is 0.231 e. The van der Waals surface area contributed by atoms with Crippen LogP contribution in [0.25, 0.3) is 0 Å². The maximum Gasteiger partial charge on any atom is 0.231 e. The van der Waals surface area contributed by atoms with Crippen LogP contribution in [-0.2, 0) is 4.79 Å². The van der Waals surface area contributed by atoms with Gasteiger partial charge in [-0.15, -0.1) is 0 Å². The molecule has 0 radical (unpaired) electrons. The Morgan fingerprint density at radius 2 is 2.06 bits per heavy atom. The van der Waals surface area contributed by atoms with Gasteiger partial charge in [-0.3, -0.25) is 4.79 Å². The van der Waals surface area contributed by atoms with Crippen molar-refractivity contribution >= 4 is 17.7 Å². The van der Waals surface area contributed by atoms with Crippen molar-refractivity contribution in [1.82, 2.24) is 4.90 Å². The van der Waals surface area contributed by atoms with Crippen LogP contribution in [0.3, 0.4) is 0 Å². The van der Waals surface area contributed by atoms with Gasteiger partial charge in [0.1, 0.15) is 0 Å². The predicted molar refractivity (Wildman–Crippen MR) is 76.8 cm³/mol. The predicted octanol–water partition coefficient (Wildman–Crippen LogP) is 1.69. The highest BCUT2D eigenvalue weighted by atomic mass is 32.2. The molecule has 3 nitrogen and oxygen atoms in total. The molecule has 1 aliphatic heterocycles. The minimum atomic E-state index is -0.186. The van der Waals surface area contributed by atoms with Crippen molar-refractivity contribution in [3.63, 3.8) is 0 Å². The van der Waals surface area contributed by atoms with E-state index in [0.29, 0.717) is 6.54 Å². The van der Waals surface area contributed by atoms with Crippen molar-refractivity contribution < 1.29 is 4.79 Å². The van der Waals surface area contributed by atoms with Crippen LogP contribution in [0.15, 0.2) is 30.3 Å². The monoisotopic (exact) mass is 264 g/mol. The Labute approximate surface area is 113 Å². The fraction of sp³-hybridized carbons (Fsp3) is 0.500. The van der Waals surface area contributed by atoms with Crippen molar-refractivity contribution in [2.45, 2.75) is 12.3 Å². The van der Waals surface area contributed by atoms with E-state index in [1.54, 1.807) is 0 Å². The second-order valence-electron chi connectivity index (χ2n) is 4.49. The molecule has 1 atom stereocenters. The maximum absolute atomic E-state index is 12.5. The quantitative estimate of drug-likeness (QED) is 0.904. The number of amides is 1. The van der Waals surface area contributed by atoms with E-state index in [1.165, 1.54) is 0 Å². The third kappa shape index (κ3) is 3.27. The lowest BCUT2D eigenvalue weighted by Crippen LogP contribution is -2.39. The molecule has 1 amide bonds. The van der Waals surface area contributed by atoms with E-state index in [4.69, 9.17) is 5.73 Å². The first-order chi connectivity index (χ1) is 8.83. The average molecular weight is 264 g/mol. The molecule has 1 heterocycles. The SMILES string of the molecule is NCC(C(=O)N1CCCSCC1)c1ccccc1. The Hall–Kier alpha value is -1.00. The Morgan fingerprint density at radius 3 is 2.78 bits per heavy atom. The van der Waals surface area contributed by atoms with E-state index < -0.39 is 0 Å². The van der Waals surface area contributed by atoms with Crippen molar-refractivity contribution in [3.8, 4) is 0 Å². The number of thioether (sulfide) groups is 1. The Kier molecular flexibility index (Phi) is 5.08. The van der Waals surface area contributed by atoms with E-state index >= 15 is 0 Å². The number of nitrogens with zero attached hydrogens (tertiary/aromatic N) is 1. The van der Waals surface area contributed by atoms with Crippen LogP contribution in [-0.4, -0.2) is 41.9 Å². The van der Waals surface area contributed by atoms with Gasteiger partial charge in [0.2, 0.25) is 5.91 Å². The topological polar surface area (TPSA) is 46.3 Å². The molecular formula is C14H20N2OS. The van der Waals surface area contributed by atoms with Crippen molar-refractivity contribution in [3.05, 3.63) is 35.9 Å². The molecule has 4 heteroatoms. The normalized spacial score (nSPS) is 18.2. The lowest BCUT2D eigenvalue weighted by molar-refractivity contribution is -0.132. The summed E-state index contributed by atoms with van der Waals surface area (Å²) < 4.78 is 0. The van der Waals surface area contributed by atoms with Crippen LogP contribution in [0.1, 0.15) is 17.9 Å². The standard InChI is InChI=1S/C14H20N2OS/c15-11-13(12-5-2-1-3-6-12)14(17)16-7-4-9-18-10-8-16/h1-3,5-6,13H,4,7-11,15H2. The molecule has 1 unspecified atom stereocenters. The van der Waals surface area contributed by atoms with Gasteiger partial charge in [-0.05, 0) is 17.7 Å². The van der Waals surface area contributed by atoms with Crippen LogP contribution >= 0.6 is 11.8 Å². The highest BCUT2D eigenvalue weighted by Crippen LogP contribution is 2.19. The molecule has 2 N–H and O–H groups in total. The summed E-state index contributed by atoms with van der Waals surface area (Å²) in [5, 5.41) is 0. The summed E-state index contributed by atoms with van der Waals surface area (Å²) in [5.41, 5.74) is 6.83. The molecule has 1 aliphatic rings. The highest BCUT2D eigenvalue weighted by molar-refractivity contribution is 7.99. The summed E-state index contributed by atoms with van der Waals surface area (Å²) in [5.74, 6) is 2.20. The van der Waals surface area contributed by atoms with Gasteiger partial charge in [0.15, 0.2) is 0 Å². The lowest BCUT2D eigenvalue weighted by Gasteiger charge is -2.25. The fourth-order valence-corrected chi connectivity index (χ4v) is 3.14.